The molecule has 28 heavy (non-hydrogen) atoms. The highest BCUT2D eigenvalue weighted by atomic mass is 127. The number of amides is 2. The Balaban J connectivity index is 2.25. The number of aryl methyl sites for hydroxylation is 1. The highest BCUT2D eigenvalue weighted by Crippen LogP contribution is 2.26. The van der Waals surface area contributed by atoms with Crippen LogP contribution in [0.3, 0.4) is 0 Å². The maximum Gasteiger partial charge on any atom is 0.288 e. The first-order chi connectivity index (χ1) is 13.2. The molecule has 1 aromatic heterocycles. The normalized spacial score (nSPS) is 11.9. The van der Waals surface area contributed by atoms with Gasteiger partial charge in [0, 0.05) is 30.3 Å². The SMILES string of the molecule is CC(=O)N(OC[C@@H](O)CCO)C(=O)c1ccn(C)c1Nc1ccc(I)cc1F. The Kier molecular flexibility index (Phi) is 7.92. The number of hydrogen-bond acceptors (Lipinski definition) is 6. The molecule has 0 spiro atoms. The van der Waals surface area contributed by atoms with Crippen molar-refractivity contribution in [3.8, 4) is 0 Å². The highest BCUT2D eigenvalue weighted by Gasteiger charge is 2.26. The average Bonchev–Trinajstić information content (AvgIpc) is 2.98. The van der Waals surface area contributed by atoms with E-state index in [2.05, 4.69) is 5.32 Å². The zero-order valence-electron chi connectivity index (χ0n) is 15.4. The topological polar surface area (TPSA) is 104 Å². The van der Waals surface area contributed by atoms with Gasteiger partial charge in [-0.1, -0.05) is 0 Å². The third kappa shape index (κ3) is 5.50. The molecule has 0 fully saturated rings. The molecular weight excluding hydrogens is 484 g/mol. The highest BCUT2D eigenvalue weighted by molar-refractivity contribution is 14.1. The monoisotopic (exact) mass is 505 g/mol. The molecule has 2 amide bonds. The third-order valence-electron chi connectivity index (χ3n) is 3.82. The number of aromatic nitrogens is 1. The first kappa shape index (κ1) is 22.3. The maximum absolute atomic E-state index is 14.2. The molecule has 1 atom stereocenters. The van der Waals surface area contributed by atoms with Crippen molar-refractivity contribution in [1.29, 1.82) is 0 Å². The quantitative estimate of drug-likeness (QED) is 0.376. The van der Waals surface area contributed by atoms with E-state index in [9.17, 15) is 19.1 Å². The summed E-state index contributed by atoms with van der Waals surface area (Å²) in [7, 11) is 1.66. The minimum absolute atomic E-state index is 0.0458. The predicted octanol–water partition coefficient (Wildman–Crippen LogP) is 2.18. The lowest BCUT2D eigenvalue weighted by atomic mass is 10.2. The van der Waals surface area contributed by atoms with Gasteiger partial charge in [0.15, 0.2) is 0 Å². The second-order valence-corrected chi connectivity index (χ2v) is 7.26. The molecule has 0 aliphatic heterocycles. The zero-order chi connectivity index (χ0) is 20.8. The fourth-order valence-corrected chi connectivity index (χ4v) is 2.82. The van der Waals surface area contributed by atoms with Gasteiger partial charge in [0.25, 0.3) is 11.8 Å². The number of hydroxylamine groups is 2. The van der Waals surface area contributed by atoms with Gasteiger partial charge >= 0.3 is 0 Å². The number of rotatable bonds is 8. The van der Waals surface area contributed by atoms with Gasteiger partial charge in [-0.3, -0.25) is 14.4 Å². The summed E-state index contributed by atoms with van der Waals surface area (Å²) >= 11 is 1.99. The zero-order valence-corrected chi connectivity index (χ0v) is 17.5. The fraction of sp³-hybridized carbons (Fsp3) is 0.333. The summed E-state index contributed by atoms with van der Waals surface area (Å²) in [6.07, 6.45) is 0.595. The van der Waals surface area contributed by atoms with Gasteiger partial charge in [0.1, 0.15) is 18.2 Å². The minimum atomic E-state index is -1.03. The number of aliphatic hydroxyl groups excluding tert-OH is 2. The Morgan fingerprint density at radius 2 is 2.11 bits per heavy atom. The number of anilines is 2. The van der Waals surface area contributed by atoms with E-state index in [0.717, 1.165) is 10.5 Å². The van der Waals surface area contributed by atoms with Crippen LogP contribution in [-0.2, 0) is 16.7 Å². The van der Waals surface area contributed by atoms with Crippen molar-refractivity contribution in [2.75, 3.05) is 18.5 Å². The summed E-state index contributed by atoms with van der Waals surface area (Å²) < 4.78 is 16.5. The lowest BCUT2D eigenvalue weighted by molar-refractivity contribution is -0.175. The molecule has 1 heterocycles. The van der Waals surface area contributed by atoms with E-state index in [1.54, 1.807) is 29.9 Å². The molecule has 0 saturated carbocycles. The number of halogens is 2. The van der Waals surface area contributed by atoms with Gasteiger partial charge in [-0.15, -0.1) is 5.06 Å². The van der Waals surface area contributed by atoms with E-state index in [1.165, 1.54) is 12.1 Å². The lowest BCUT2D eigenvalue weighted by Crippen LogP contribution is -2.38. The van der Waals surface area contributed by atoms with Crippen LogP contribution in [0.15, 0.2) is 30.5 Å². The number of nitrogens with zero attached hydrogens (tertiary/aromatic N) is 2. The Morgan fingerprint density at radius 3 is 2.71 bits per heavy atom. The number of nitrogens with one attached hydrogen (secondary N) is 1. The van der Waals surface area contributed by atoms with E-state index < -0.39 is 23.7 Å². The van der Waals surface area contributed by atoms with Crippen LogP contribution in [0.2, 0.25) is 0 Å². The molecule has 0 unspecified atom stereocenters. The van der Waals surface area contributed by atoms with Crippen LogP contribution in [0.5, 0.6) is 0 Å². The summed E-state index contributed by atoms with van der Waals surface area (Å²) in [5.74, 6) is -1.66. The van der Waals surface area contributed by atoms with E-state index in [-0.39, 0.29) is 36.7 Å². The van der Waals surface area contributed by atoms with Gasteiger partial charge in [-0.2, -0.15) is 0 Å². The lowest BCUT2D eigenvalue weighted by Gasteiger charge is -2.21. The molecule has 152 valence electrons. The van der Waals surface area contributed by atoms with E-state index in [4.69, 9.17) is 9.94 Å². The van der Waals surface area contributed by atoms with Crippen molar-refractivity contribution in [3.63, 3.8) is 0 Å². The van der Waals surface area contributed by atoms with Gasteiger partial charge in [-0.05, 0) is 53.3 Å². The fourth-order valence-electron chi connectivity index (χ4n) is 2.37. The molecule has 2 aromatic rings. The second kappa shape index (κ2) is 9.96. The number of imide groups is 1. The van der Waals surface area contributed by atoms with Gasteiger partial charge < -0.3 is 20.1 Å². The average molecular weight is 505 g/mol. The minimum Gasteiger partial charge on any atom is -0.396 e. The van der Waals surface area contributed by atoms with Crippen LogP contribution < -0.4 is 5.32 Å². The Bertz CT molecular complexity index is 858. The van der Waals surface area contributed by atoms with Crippen LogP contribution in [0.1, 0.15) is 23.7 Å². The van der Waals surface area contributed by atoms with Crippen LogP contribution in [-0.4, -0.2) is 51.0 Å². The van der Waals surface area contributed by atoms with E-state index in [0.29, 0.717) is 5.06 Å². The molecule has 8 nitrogen and oxygen atoms in total. The van der Waals surface area contributed by atoms with Gasteiger partial charge in [0.2, 0.25) is 0 Å². The molecule has 0 aliphatic rings. The van der Waals surface area contributed by atoms with Crippen LogP contribution in [0, 0.1) is 9.39 Å². The molecular formula is C18H21FIN3O5. The molecule has 3 N–H and O–H groups in total. The maximum atomic E-state index is 14.2. The standard InChI is InChI=1S/C18H21FIN3O5/c1-11(25)23(28-10-13(26)6-8-24)18(27)14-5-7-22(2)17(14)21-16-4-3-12(20)9-15(16)19/h3-5,7,9,13,21,24,26H,6,8,10H2,1-2H3/t13-/m0/s1. The summed E-state index contributed by atoms with van der Waals surface area (Å²) in [4.78, 5) is 29.8. The summed E-state index contributed by atoms with van der Waals surface area (Å²) in [5, 5.41) is 21.9. The van der Waals surface area contributed by atoms with E-state index in [1.807, 2.05) is 22.6 Å². The van der Waals surface area contributed by atoms with Crippen LogP contribution in [0.25, 0.3) is 0 Å². The molecule has 1 aromatic carbocycles. The largest absolute Gasteiger partial charge is 0.396 e. The Hall–Kier alpha value is -2.02. The molecule has 0 saturated heterocycles. The van der Waals surface area contributed by atoms with Crippen LogP contribution in [0.4, 0.5) is 15.9 Å². The Labute approximate surface area is 175 Å². The smallest absolute Gasteiger partial charge is 0.288 e. The summed E-state index contributed by atoms with van der Waals surface area (Å²) in [6.45, 7) is 0.547. The van der Waals surface area contributed by atoms with Crippen LogP contribution >= 0.6 is 22.6 Å². The summed E-state index contributed by atoms with van der Waals surface area (Å²) in [5.41, 5.74) is 0.261. The van der Waals surface area contributed by atoms with Crippen molar-refractivity contribution in [2.45, 2.75) is 19.4 Å². The first-order valence-corrected chi connectivity index (χ1v) is 9.46. The number of carbonyl (C=O) groups is 2. The molecule has 0 radical (unpaired) electrons. The summed E-state index contributed by atoms with van der Waals surface area (Å²) in [6, 6.07) is 6.08. The van der Waals surface area contributed by atoms with Crippen molar-refractivity contribution in [3.05, 3.63) is 45.4 Å². The van der Waals surface area contributed by atoms with Crippen molar-refractivity contribution < 1.29 is 29.0 Å². The Morgan fingerprint density at radius 1 is 1.39 bits per heavy atom. The first-order valence-electron chi connectivity index (χ1n) is 8.38. The van der Waals surface area contributed by atoms with Gasteiger partial charge in [0.05, 0.1) is 17.4 Å². The van der Waals surface area contributed by atoms with Crippen molar-refractivity contribution >= 4 is 45.9 Å². The number of hydrogen-bond donors (Lipinski definition) is 3. The molecule has 0 aliphatic carbocycles. The molecule has 10 heteroatoms. The predicted molar refractivity (Wildman–Crippen MR) is 108 cm³/mol. The van der Waals surface area contributed by atoms with Crippen molar-refractivity contribution in [2.24, 2.45) is 7.05 Å². The number of benzene rings is 1. The number of carbonyl (C=O) groups excluding carboxylic acids is 2. The molecule has 0 bridgehead atoms. The van der Waals surface area contributed by atoms with Crippen molar-refractivity contribution in [1.82, 2.24) is 9.63 Å². The van der Waals surface area contributed by atoms with Gasteiger partial charge in [-0.25, -0.2) is 4.39 Å². The van der Waals surface area contributed by atoms with E-state index >= 15 is 0 Å². The third-order valence-corrected chi connectivity index (χ3v) is 4.49. The second-order valence-electron chi connectivity index (χ2n) is 6.02. The molecule has 2 rings (SSSR count). The number of aliphatic hydroxyl groups is 2.